The molecule has 1 saturated heterocycles. The lowest BCUT2D eigenvalue weighted by atomic mass is 9.98. The minimum atomic E-state index is -3.37. The number of hydrogen-bond donors (Lipinski definition) is 2. The second-order valence-electron chi connectivity index (χ2n) is 6.75. The van der Waals surface area contributed by atoms with Crippen molar-refractivity contribution in [2.24, 2.45) is 5.92 Å². The van der Waals surface area contributed by atoms with E-state index in [0.717, 1.165) is 11.9 Å². The molecule has 0 aromatic carbocycles. The summed E-state index contributed by atoms with van der Waals surface area (Å²) in [6.45, 7) is 1.40. The summed E-state index contributed by atoms with van der Waals surface area (Å²) >= 11 is 0. The molecule has 1 unspecified atom stereocenters. The molecule has 27 heavy (non-hydrogen) atoms. The standard InChI is InChI=1S/C18H28N4O4S/c1-27(25,26)22-13-4-5-15(7-11-20-17(23)9-14-22)18(24)21-12-8-16-6-2-3-10-19-16/h2-3,6,10,15H,4-5,7-9,11-14H2,1H3,(H,20,23)(H,21,24). The zero-order valence-corrected chi connectivity index (χ0v) is 16.5. The highest BCUT2D eigenvalue weighted by molar-refractivity contribution is 7.88. The van der Waals surface area contributed by atoms with Gasteiger partial charge in [-0.15, -0.1) is 0 Å². The maximum absolute atomic E-state index is 12.5. The van der Waals surface area contributed by atoms with Gasteiger partial charge in [0.25, 0.3) is 0 Å². The molecule has 0 spiro atoms. The van der Waals surface area contributed by atoms with Crippen LogP contribution in [0.1, 0.15) is 31.4 Å². The molecule has 150 valence electrons. The molecule has 9 heteroatoms. The lowest BCUT2D eigenvalue weighted by Gasteiger charge is -2.20. The summed E-state index contributed by atoms with van der Waals surface area (Å²) in [6, 6.07) is 5.66. The van der Waals surface area contributed by atoms with Gasteiger partial charge in [-0.05, 0) is 31.4 Å². The van der Waals surface area contributed by atoms with Crippen molar-refractivity contribution >= 4 is 21.8 Å². The van der Waals surface area contributed by atoms with Crippen LogP contribution in [0, 0.1) is 5.92 Å². The van der Waals surface area contributed by atoms with Crippen LogP contribution < -0.4 is 10.6 Å². The summed E-state index contributed by atoms with van der Waals surface area (Å²) < 4.78 is 25.0. The predicted molar refractivity (Wildman–Crippen MR) is 102 cm³/mol. The Bertz CT molecular complexity index is 724. The highest BCUT2D eigenvalue weighted by atomic mass is 32.2. The van der Waals surface area contributed by atoms with Crippen molar-refractivity contribution in [1.82, 2.24) is 19.9 Å². The second kappa shape index (κ2) is 10.4. The minimum Gasteiger partial charge on any atom is -0.356 e. The lowest BCUT2D eigenvalue weighted by Crippen LogP contribution is -2.35. The number of carbonyl (C=O) groups excluding carboxylic acids is 2. The average Bonchev–Trinajstić information content (AvgIpc) is 2.66. The normalized spacial score (nSPS) is 20.3. The molecule has 2 N–H and O–H groups in total. The van der Waals surface area contributed by atoms with Crippen molar-refractivity contribution in [2.45, 2.75) is 32.1 Å². The first-order valence-electron chi connectivity index (χ1n) is 9.25. The Morgan fingerprint density at radius 1 is 1.33 bits per heavy atom. The molecular weight excluding hydrogens is 368 g/mol. The third-order valence-corrected chi connectivity index (χ3v) is 5.91. The van der Waals surface area contributed by atoms with Crippen molar-refractivity contribution in [2.75, 3.05) is 32.4 Å². The van der Waals surface area contributed by atoms with Crippen LogP contribution in [-0.2, 0) is 26.0 Å². The third-order valence-electron chi connectivity index (χ3n) is 4.61. The molecule has 2 heterocycles. The highest BCUT2D eigenvalue weighted by Gasteiger charge is 2.23. The monoisotopic (exact) mass is 396 g/mol. The molecule has 8 nitrogen and oxygen atoms in total. The molecule has 0 aliphatic carbocycles. The van der Waals surface area contributed by atoms with Crippen LogP contribution in [0.4, 0.5) is 0 Å². The van der Waals surface area contributed by atoms with Crippen molar-refractivity contribution in [3.05, 3.63) is 30.1 Å². The zero-order chi connectivity index (χ0) is 19.7. The molecule has 0 saturated carbocycles. The van der Waals surface area contributed by atoms with Crippen LogP contribution in [0.5, 0.6) is 0 Å². The predicted octanol–water partition coefficient (Wildman–Crippen LogP) is 0.308. The first-order chi connectivity index (χ1) is 12.9. The molecule has 2 amide bonds. The molecule has 1 aliphatic heterocycles. The fraction of sp³-hybridized carbons (Fsp3) is 0.611. The van der Waals surface area contributed by atoms with E-state index in [9.17, 15) is 18.0 Å². The molecule has 1 aliphatic rings. The van der Waals surface area contributed by atoms with E-state index in [4.69, 9.17) is 0 Å². The number of rotatable bonds is 5. The van der Waals surface area contributed by atoms with E-state index < -0.39 is 10.0 Å². The molecule has 1 atom stereocenters. The van der Waals surface area contributed by atoms with E-state index in [1.54, 1.807) is 6.20 Å². The smallest absolute Gasteiger partial charge is 0.223 e. The Hall–Kier alpha value is -2.00. The molecule has 2 rings (SSSR count). The first-order valence-corrected chi connectivity index (χ1v) is 11.1. The van der Waals surface area contributed by atoms with Crippen LogP contribution in [0.15, 0.2) is 24.4 Å². The summed E-state index contributed by atoms with van der Waals surface area (Å²) in [6.07, 6.45) is 5.35. The van der Waals surface area contributed by atoms with Gasteiger partial charge in [0.15, 0.2) is 0 Å². The van der Waals surface area contributed by atoms with Crippen LogP contribution in [0.3, 0.4) is 0 Å². The van der Waals surface area contributed by atoms with Crippen molar-refractivity contribution in [1.29, 1.82) is 0 Å². The van der Waals surface area contributed by atoms with Gasteiger partial charge in [-0.1, -0.05) is 6.07 Å². The molecular formula is C18H28N4O4S. The Morgan fingerprint density at radius 3 is 2.85 bits per heavy atom. The molecule has 1 fully saturated rings. The van der Waals surface area contributed by atoms with Crippen LogP contribution >= 0.6 is 0 Å². The van der Waals surface area contributed by atoms with Gasteiger partial charge in [-0.25, -0.2) is 12.7 Å². The van der Waals surface area contributed by atoms with E-state index in [1.807, 2.05) is 18.2 Å². The number of nitrogens with zero attached hydrogens (tertiary/aromatic N) is 2. The summed E-state index contributed by atoms with van der Waals surface area (Å²) in [4.78, 5) is 28.6. The largest absolute Gasteiger partial charge is 0.356 e. The van der Waals surface area contributed by atoms with Crippen LogP contribution in [0.25, 0.3) is 0 Å². The number of hydrogen-bond acceptors (Lipinski definition) is 5. The summed E-state index contributed by atoms with van der Waals surface area (Å²) in [7, 11) is -3.37. The lowest BCUT2D eigenvalue weighted by molar-refractivity contribution is -0.126. The van der Waals surface area contributed by atoms with Gasteiger partial charge in [-0.3, -0.25) is 14.6 Å². The molecule has 0 bridgehead atoms. The Labute approximate surface area is 160 Å². The third kappa shape index (κ3) is 7.64. The molecule has 1 aromatic rings. The number of nitrogens with one attached hydrogen (secondary N) is 2. The average molecular weight is 397 g/mol. The summed E-state index contributed by atoms with van der Waals surface area (Å²) in [5, 5.41) is 5.70. The first kappa shape index (κ1) is 21.3. The van der Waals surface area contributed by atoms with E-state index in [2.05, 4.69) is 15.6 Å². The summed E-state index contributed by atoms with van der Waals surface area (Å²) in [5.41, 5.74) is 0.913. The molecule has 1 aromatic heterocycles. The SMILES string of the molecule is CS(=O)(=O)N1CCCC(C(=O)NCCc2ccccn2)CCNC(=O)CC1. The number of carbonyl (C=O) groups is 2. The van der Waals surface area contributed by atoms with Crippen LogP contribution in [-0.4, -0.2) is 62.0 Å². The second-order valence-corrected chi connectivity index (χ2v) is 8.73. The number of aromatic nitrogens is 1. The van der Waals surface area contributed by atoms with Crippen molar-refractivity contribution in [3.63, 3.8) is 0 Å². The zero-order valence-electron chi connectivity index (χ0n) is 15.7. The maximum atomic E-state index is 12.5. The van der Waals surface area contributed by atoms with Crippen molar-refractivity contribution < 1.29 is 18.0 Å². The van der Waals surface area contributed by atoms with E-state index in [0.29, 0.717) is 45.3 Å². The van der Waals surface area contributed by atoms with Crippen molar-refractivity contribution in [3.8, 4) is 0 Å². The topological polar surface area (TPSA) is 108 Å². The number of pyridine rings is 1. The fourth-order valence-electron chi connectivity index (χ4n) is 3.07. The van der Waals surface area contributed by atoms with Gasteiger partial charge in [0, 0.05) is 56.8 Å². The van der Waals surface area contributed by atoms with Gasteiger partial charge >= 0.3 is 0 Å². The summed E-state index contributed by atoms with van der Waals surface area (Å²) in [5.74, 6) is -0.515. The van der Waals surface area contributed by atoms with Gasteiger partial charge in [0.05, 0.1) is 6.26 Å². The van der Waals surface area contributed by atoms with Crippen LogP contribution in [0.2, 0.25) is 0 Å². The number of sulfonamides is 1. The quantitative estimate of drug-likeness (QED) is 0.745. The highest BCUT2D eigenvalue weighted by Crippen LogP contribution is 2.14. The fourth-order valence-corrected chi connectivity index (χ4v) is 3.95. The maximum Gasteiger partial charge on any atom is 0.223 e. The van der Waals surface area contributed by atoms with E-state index in [-0.39, 0.29) is 30.7 Å². The van der Waals surface area contributed by atoms with Gasteiger partial charge < -0.3 is 10.6 Å². The van der Waals surface area contributed by atoms with Gasteiger partial charge in [-0.2, -0.15) is 0 Å². The Kier molecular flexibility index (Phi) is 8.18. The Balaban J connectivity index is 1.89. The van der Waals surface area contributed by atoms with Gasteiger partial charge in [0.2, 0.25) is 21.8 Å². The molecule has 0 radical (unpaired) electrons. The van der Waals surface area contributed by atoms with E-state index >= 15 is 0 Å². The minimum absolute atomic E-state index is 0.0645. The van der Waals surface area contributed by atoms with E-state index in [1.165, 1.54) is 4.31 Å². The number of amides is 2. The van der Waals surface area contributed by atoms with Gasteiger partial charge in [0.1, 0.15) is 0 Å². The Morgan fingerprint density at radius 2 is 2.15 bits per heavy atom.